The van der Waals surface area contributed by atoms with Gasteiger partial charge in [0.25, 0.3) is 5.91 Å². The van der Waals surface area contributed by atoms with Crippen LogP contribution in [0.25, 0.3) is 23.0 Å². The summed E-state index contributed by atoms with van der Waals surface area (Å²) in [7, 11) is 0. The first-order valence-electron chi connectivity index (χ1n) is 13.2. The Balaban J connectivity index is 1.61. The number of para-hydroxylation sites is 1. The van der Waals surface area contributed by atoms with Gasteiger partial charge in [-0.25, -0.2) is 4.68 Å². The normalized spacial score (nSPS) is 14.4. The van der Waals surface area contributed by atoms with Gasteiger partial charge in [-0.15, -0.1) is 0 Å². The zero-order valence-electron chi connectivity index (χ0n) is 22.3. The molecule has 9 heteroatoms. The molecule has 1 aliphatic rings. The van der Waals surface area contributed by atoms with E-state index in [4.69, 9.17) is 27.2 Å². The van der Waals surface area contributed by atoms with Gasteiger partial charge >= 0.3 is 5.97 Å². The van der Waals surface area contributed by atoms with Gasteiger partial charge in [-0.2, -0.15) is 5.10 Å². The molecule has 1 saturated heterocycles. The zero-order chi connectivity index (χ0) is 27.8. The number of hydrogen-bond donors (Lipinski definition) is 1. The van der Waals surface area contributed by atoms with E-state index in [1.807, 2.05) is 72.4 Å². The Labute approximate surface area is 238 Å². The van der Waals surface area contributed by atoms with E-state index < -0.39 is 5.97 Å². The maximum atomic E-state index is 13.3. The number of aryl methyl sites for hydroxylation is 1. The Morgan fingerprint density at radius 3 is 2.64 bits per heavy atom. The summed E-state index contributed by atoms with van der Waals surface area (Å²) in [6.07, 6.45) is 8.05. The molecule has 0 saturated carbocycles. The van der Waals surface area contributed by atoms with Crippen molar-refractivity contribution in [1.82, 2.24) is 14.7 Å². The molecule has 1 fully saturated rings. The number of carbonyl (C=O) groups is 2. The lowest BCUT2D eigenvalue weighted by molar-refractivity contribution is -0.137. The molecule has 0 bridgehead atoms. The molecule has 2 heterocycles. The lowest BCUT2D eigenvalue weighted by Gasteiger charge is -2.13. The lowest BCUT2D eigenvalue weighted by atomic mass is 10.0. The fourth-order valence-corrected chi connectivity index (χ4v) is 5.60. The van der Waals surface area contributed by atoms with Crippen molar-refractivity contribution in [3.8, 4) is 22.7 Å². The van der Waals surface area contributed by atoms with E-state index in [1.54, 1.807) is 4.90 Å². The van der Waals surface area contributed by atoms with Gasteiger partial charge in [0.1, 0.15) is 15.8 Å². The molecule has 0 atom stereocenters. The Kier molecular flexibility index (Phi) is 9.95. The summed E-state index contributed by atoms with van der Waals surface area (Å²) >= 11 is 6.81. The van der Waals surface area contributed by atoms with Gasteiger partial charge in [0, 0.05) is 30.3 Å². The summed E-state index contributed by atoms with van der Waals surface area (Å²) in [4.78, 5) is 26.2. The highest BCUT2D eigenvalue weighted by Crippen LogP contribution is 2.36. The second-order valence-corrected chi connectivity index (χ2v) is 11.1. The van der Waals surface area contributed by atoms with E-state index >= 15 is 0 Å². The van der Waals surface area contributed by atoms with E-state index in [0.717, 1.165) is 53.1 Å². The second kappa shape index (κ2) is 13.6. The Morgan fingerprint density at radius 1 is 1.13 bits per heavy atom. The summed E-state index contributed by atoms with van der Waals surface area (Å²) in [5.41, 5.74) is 4.52. The smallest absolute Gasteiger partial charge is 0.303 e. The number of thiocarbonyl (C=S) groups is 1. The van der Waals surface area contributed by atoms with Crippen LogP contribution >= 0.6 is 24.0 Å². The summed E-state index contributed by atoms with van der Waals surface area (Å²) in [6.45, 7) is 5.34. The number of thioether (sulfide) groups is 1. The lowest BCUT2D eigenvalue weighted by Crippen LogP contribution is -2.29. The zero-order valence-corrected chi connectivity index (χ0v) is 23.9. The predicted molar refractivity (Wildman–Crippen MR) is 160 cm³/mol. The SMILES string of the molecule is CCCCOc1ccc(-c2nn(-c3ccccc3)cc2/C=C2\SC(=S)N(CCCCCC(=O)O)C2=O)c(C)c1. The number of benzene rings is 2. The third-order valence-electron chi connectivity index (χ3n) is 6.42. The number of carboxylic acid groups (broad SMARTS) is 1. The molecule has 0 unspecified atom stereocenters. The minimum atomic E-state index is -0.802. The van der Waals surface area contributed by atoms with Crippen molar-refractivity contribution in [1.29, 1.82) is 0 Å². The number of rotatable bonds is 13. The summed E-state index contributed by atoms with van der Waals surface area (Å²) < 4.78 is 8.24. The second-order valence-electron chi connectivity index (χ2n) is 9.43. The van der Waals surface area contributed by atoms with Gasteiger partial charge in [-0.1, -0.05) is 61.9 Å². The van der Waals surface area contributed by atoms with Gasteiger partial charge < -0.3 is 9.84 Å². The Morgan fingerprint density at radius 2 is 1.92 bits per heavy atom. The van der Waals surface area contributed by atoms with Crippen LogP contribution in [0.4, 0.5) is 0 Å². The fourth-order valence-electron chi connectivity index (χ4n) is 4.30. The molecule has 1 aromatic heterocycles. The number of ether oxygens (including phenoxy) is 1. The van der Waals surface area contributed by atoms with E-state index in [0.29, 0.717) is 35.2 Å². The number of aliphatic carboxylic acids is 1. The number of carboxylic acids is 1. The maximum Gasteiger partial charge on any atom is 0.303 e. The standard InChI is InChI=1S/C30H33N3O4S2/c1-3-4-17-37-24-14-15-25(21(2)18-24)28-22(20-33(31-28)23-11-7-5-8-12-23)19-26-29(36)32(30(38)39-26)16-10-6-9-13-27(34)35/h5,7-8,11-12,14-15,18-20H,3-4,6,9-10,13,16-17H2,1-2H3,(H,34,35)/b26-19-. The van der Waals surface area contributed by atoms with Crippen LogP contribution < -0.4 is 4.74 Å². The van der Waals surface area contributed by atoms with Crippen molar-refractivity contribution < 1.29 is 19.4 Å². The van der Waals surface area contributed by atoms with Crippen molar-refractivity contribution in [2.75, 3.05) is 13.2 Å². The van der Waals surface area contributed by atoms with Crippen LogP contribution in [0.2, 0.25) is 0 Å². The molecule has 0 radical (unpaired) electrons. The van der Waals surface area contributed by atoms with E-state index in [9.17, 15) is 9.59 Å². The predicted octanol–water partition coefficient (Wildman–Crippen LogP) is 6.87. The number of unbranched alkanes of at least 4 members (excludes halogenated alkanes) is 3. The molecule has 0 aliphatic carbocycles. The quantitative estimate of drug-likeness (QED) is 0.138. The number of hydrogen-bond acceptors (Lipinski definition) is 6. The van der Waals surface area contributed by atoms with Crippen LogP contribution in [0.5, 0.6) is 5.75 Å². The largest absolute Gasteiger partial charge is 0.494 e. The van der Waals surface area contributed by atoms with Gasteiger partial charge in [-0.3, -0.25) is 14.5 Å². The van der Waals surface area contributed by atoms with E-state index in [-0.39, 0.29) is 12.3 Å². The summed E-state index contributed by atoms with van der Waals surface area (Å²) in [5.74, 6) is -0.0969. The van der Waals surface area contributed by atoms with E-state index in [2.05, 4.69) is 6.92 Å². The highest BCUT2D eigenvalue weighted by Gasteiger charge is 2.32. The van der Waals surface area contributed by atoms with Gasteiger partial charge in [0.05, 0.1) is 17.2 Å². The number of nitrogens with zero attached hydrogens (tertiary/aromatic N) is 3. The average Bonchev–Trinajstić information content (AvgIpc) is 3.45. The molecule has 1 N–H and O–H groups in total. The maximum absolute atomic E-state index is 13.3. The van der Waals surface area contributed by atoms with Crippen LogP contribution in [0.15, 0.2) is 59.6 Å². The van der Waals surface area contributed by atoms with Gasteiger partial charge in [0.15, 0.2) is 0 Å². The first-order valence-corrected chi connectivity index (χ1v) is 14.5. The Hall–Kier alpha value is -3.43. The fraction of sp³-hybridized carbons (Fsp3) is 0.333. The van der Waals surface area contributed by atoms with Crippen LogP contribution in [0.1, 0.15) is 56.6 Å². The molecular weight excluding hydrogens is 530 g/mol. The molecule has 1 amide bonds. The first-order chi connectivity index (χ1) is 18.9. The Bertz CT molecular complexity index is 1370. The molecule has 204 valence electrons. The third-order valence-corrected chi connectivity index (χ3v) is 7.79. The number of carbonyl (C=O) groups excluding carboxylic acids is 1. The van der Waals surface area contributed by atoms with Crippen LogP contribution in [-0.4, -0.2) is 49.1 Å². The van der Waals surface area contributed by atoms with Crippen molar-refractivity contribution in [3.63, 3.8) is 0 Å². The van der Waals surface area contributed by atoms with Crippen LogP contribution in [0, 0.1) is 6.92 Å². The monoisotopic (exact) mass is 563 g/mol. The molecule has 7 nitrogen and oxygen atoms in total. The molecule has 1 aliphatic heterocycles. The van der Waals surface area contributed by atoms with Crippen LogP contribution in [-0.2, 0) is 9.59 Å². The average molecular weight is 564 g/mol. The van der Waals surface area contributed by atoms with Crippen LogP contribution in [0.3, 0.4) is 0 Å². The molecule has 0 spiro atoms. The van der Waals surface area contributed by atoms with E-state index in [1.165, 1.54) is 11.8 Å². The molecule has 3 aromatic rings. The van der Waals surface area contributed by atoms with Crippen molar-refractivity contribution in [3.05, 3.63) is 70.8 Å². The van der Waals surface area contributed by atoms with Crippen molar-refractivity contribution >= 4 is 46.3 Å². The minimum Gasteiger partial charge on any atom is -0.494 e. The molecule has 2 aromatic carbocycles. The summed E-state index contributed by atoms with van der Waals surface area (Å²) in [5, 5.41) is 13.8. The number of amides is 1. The molecular formula is C30H33N3O4S2. The highest BCUT2D eigenvalue weighted by atomic mass is 32.2. The topological polar surface area (TPSA) is 84.7 Å². The highest BCUT2D eigenvalue weighted by molar-refractivity contribution is 8.26. The molecule has 4 rings (SSSR count). The summed E-state index contributed by atoms with van der Waals surface area (Å²) in [6, 6.07) is 15.9. The minimum absolute atomic E-state index is 0.127. The first kappa shape index (κ1) is 28.6. The van der Waals surface area contributed by atoms with Gasteiger partial charge in [-0.05, 0) is 68.2 Å². The van der Waals surface area contributed by atoms with Crippen molar-refractivity contribution in [2.45, 2.75) is 52.4 Å². The third kappa shape index (κ3) is 7.36. The molecule has 39 heavy (non-hydrogen) atoms. The van der Waals surface area contributed by atoms with Gasteiger partial charge in [0.2, 0.25) is 0 Å². The van der Waals surface area contributed by atoms with Crippen molar-refractivity contribution in [2.24, 2.45) is 0 Å². The number of aromatic nitrogens is 2.